The van der Waals surface area contributed by atoms with Gasteiger partial charge in [0, 0.05) is 23.9 Å². The molecule has 0 spiro atoms. The van der Waals surface area contributed by atoms with Crippen LogP contribution in [0, 0.1) is 0 Å². The average Bonchev–Trinajstić information content (AvgIpc) is 2.87. The van der Waals surface area contributed by atoms with Crippen molar-refractivity contribution in [2.45, 2.75) is 19.9 Å². The van der Waals surface area contributed by atoms with Crippen LogP contribution in [0.5, 0.6) is 5.75 Å². The maximum Gasteiger partial charge on any atom is 0.307 e. The molecule has 0 aliphatic carbocycles. The fourth-order valence-electron chi connectivity index (χ4n) is 1.92. The van der Waals surface area contributed by atoms with Gasteiger partial charge in [0.15, 0.2) is 0 Å². The first-order valence-electron chi connectivity index (χ1n) is 6.05. The lowest BCUT2D eigenvalue weighted by molar-refractivity contribution is -0.136. The smallest absolute Gasteiger partial charge is 0.307 e. The number of aromatic nitrogens is 2. The molecule has 0 bridgehead atoms. The van der Waals surface area contributed by atoms with Crippen LogP contribution < -0.4 is 4.74 Å². The lowest BCUT2D eigenvalue weighted by Gasteiger charge is -2.08. The van der Waals surface area contributed by atoms with Crippen molar-refractivity contribution in [3.63, 3.8) is 0 Å². The first-order valence-corrected chi connectivity index (χ1v) is 6.05. The molecule has 0 radical (unpaired) electrons. The molecule has 1 heterocycles. The Labute approximate surface area is 111 Å². The van der Waals surface area contributed by atoms with Crippen molar-refractivity contribution in [1.82, 2.24) is 9.78 Å². The van der Waals surface area contributed by atoms with Gasteiger partial charge in [-0.1, -0.05) is 12.1 Å². The number of carboxylic acids is 1. The summed E-state index contributed by atoms with van der Waals surface area (Å²) in [7, 11) is 1.54. The molecule has 1 aromatic carbocycles. The van der Waals surface area contributed by atoms with Crippen molar-refractivity contribution in [3.8, 4) is 16.9 Å². The molecule has 5 heteroatoms. The number of carboxylic acid groups (broad SMARTS) is 1. The number of rotatable bonds is 5. The van der Waals surface area contributed by atoms with Crippen LogP contribution >= 0.6 is 0 Å². The summed E-state index contributed by atoms with van der Waals surface area (Å²) in [5, 5.41) is 13.1. The highest BCUT2D eigenvalue weighted by molar-refractivity contribution is 5.73. The molecule has 19 heavy (non-hydrogen) atoms. The van der Waals surface area contributed by atoms with E-state index in [1.54, 1.807) is 19.4 Å². The third kappa shape index (κ3) is 2.93. The van der Waals surface area contributed by atoms with E-state index >= 15 is 0 Å². The molecule has 5 nitrogen and oxygen atoms in total. The molecule has 2 rings (SSSR count). The molecule has 0 fully saturated rings. The SMILES string of the molecule is CCn1cc(-c2ccc(CC(=O)O)c(OC)c2)cn1. The number of benzene rings is 1. The molecule has 0 amide bonds. The van der Waals surface area contributed by atoms with Crippen LogP contribution in [0.15, 0.2) is 30.6 Å². The Morgan fingerprint density at radius 2 is 2.21 bits per heavy atom. The largest absolute Gasteiger partial charge is 0.496 e. The van der Waals surface area contributed by atoms with Gasteiger partial charge in [-0.05, 0) is 18.6 Å². The van der Waals surface area contributed by atoms with Crippen LogP contribution in [0.1, 0.15) is 12.5 Å². The summed E-state index contributed by atoms with van der Waals surface area (Å²) in [4.78, 5) is 10.8. The predicted molar refractivity (Wildman–Crippen MR) is 71.2 cm³/mol. The van der Waals surface area contributed by atoms with E-state index in [4.69, 9.17) is 9.84 Å². The van der Waals surface area contributed by atoms with Crippen molar-refractivity contribution in [2.24, 2.45) is 0 Å². The zero-order chi connectivity index (χ0) is 13.8. The number of aliphatic carboxylic acids is 1. The highest BCUT2D eigenvalue weighted by Gasteiger charge is 2.10. The van der Waals surface area contributed by atoms with Crippen molar-refractivity contribution >= 4 is 5.97 Å². The van der Waals surface area contributed by atoms with Crippen LogP contribution in [-0.2, 0) is 17.8 Å². The molecular weight excluding hydrogens is 244 g/mol. The van der Waals surface area contributed by atoms with E-state index in [0.29, 0.717) is 11.3 Å². The third-order valence-electron chi connectivity index (χ3n) is 2.92. The molecule has 0 aliphatic rings. The van der Waals surface area contributed by atoms with E-state index in [0.717, 1.165) is 17.7 Å². The summed E-state index contributed by atoms with van der Waals surface area (Å²) in [6.45, 7) is 2.83. The number of carbonyl (C=O) groups is 1. The zero-order valence-electron chi connectivity index (χ0n) is 11.0. The molecular formula is C14H16N2O3. The topological polar surface area (TPSA) is 64.4 Å². The van der Waals surface area contributed by atoms with E-state index < -0.39 is 5.97 Å². The van der Waals surface area contributed by atoms with Crippen molar-refractivity contribution in [2.75, 3.05) is 7.11 Å². The number of hydrogen-bond donors (Lipinski definition) is 1. The molecule has 0 unspecified atom stereocenters. The standard InChI is InChI=1S/C14H16N2O3/c1-3-16-9-12(8-15-16)10-4-5-11(7-14(17)18)13(6-10)19-2/h4-6,8-9H,3,7H2,1-2H3,(H,17,18). The average molecular weight is 260 g/mol. The van der Waals surface area contributed by atoms with Crippen molar-refractivity contribution < 1.29 is 14.6 Å². The molecule has 2 aromatic rings. The molecule has 1 aromatic heterocycles. The Morgan fingerprint density at radius 3 is 2.79 bits per heavy atom. The summed E-state index contributed by atoms with van der Waals surface area (Å²) >= 11 is 0. The summed E-state index contributed by atoms with van der Waals surface area (Å²) in [5.41, 5.74) is 2.62. The van der Waals surface area contributed by atoms with Gasteiger partial charge in [-0.2, -0.15) is 5.10 Å². The normalized spacial score (nSPS) is 10.4. The second kappa shape index (κ2) is 5.56. The van der Waals surface area contributed by atoms with Gasteiger partial charge in [0.25, 0.3) is 0 Å². The Morgan fingerprint density at radius 1 is 1.42 bits per heavy atom. The van der Waals surface area contributed by atoms with Gasteiger partial charge in [-0.3, -0.25) is 9.48 Å². The summed E-state index contributed by atoms with van der Waals surface area (Å²) in [6, 6.07) is 5.51. The maximum atomic E-state index is 10.8. The van der Waals surface area contributed by atoms with Crippen molar-refractivity contribution in [3.05, 3.63) is 36.2 Å². The highest BCUT2D eigenvalue weighted by Crippen LogP contribution is 2.27. The molecule has 0 atom stereocenters. The van der Waals surface area contributed by atoms with Crippen molar-refractivity contribution in [1.29, 1.82) is 0 Å². The Hall–Kier alpha value is -2.30. The predicted octanol–water partition coefficient (Wildman–Crippen LogP) is 2.21. The minimum atomic E-state index is -0.871. The monoisotopic (exact) mass is 260 g/mol. The fraction of sp³-hybridized carbons (Fsp3) is 0.286. The van der Waals surface area contributed by atoms with E-state index in [-0.39, 0.29) is 6.42 Å². The van der Waals surface area contributed by atoms with Crippen LogP contribution in [0.2, 0.25) is 0 Å². The quantitative estimate of drug-likeness (QED) is 0.895. The molecule has 1 N–H and O–H groups in total. The molecule has 100 valence electrons. The van der Waals surface area contributed by atoms with Crippen LogP contribution in [0.3, 0.4) is 0 Å². The number of aryl methyl sites for hydroxylation is 1. The van der Waals surface area contributed by atoms with Gasteiger partial charge in [-0.15, -0.1) is 0 Å². The summed E-state index contributed by atoms with van der Waals surface area (Å²) in [6.07, 6.45) is 3.69. The van der Waals surface area contributed by atoms with E-state index in [1.165, 1.54) is 0 Å². The van der Waals surface area contributed by atoms with Crippen LogP contribution in [-0.4, -0.2) is 28.0 Å². The summed E-state index contributed by atoms with van der Waals surface area (Å²) in [5.74, 6) is -0.283. The first-order chi connectivity index (χ1) is 9.13. The lowest BCUT2D eigenvalue weighted by atomic mass is 10.0. The highest BCUT2D eigenvalue weighted by atomic mass is 16.5. The minimum Gasteiger partial charge on any atom is -0.496 e. The van der Waals surface area contributed by atoms with Gasteiger partial charge in [0.05, 0.1) is 19.7 Å². The Bertz CT molecular complexity index is 590. The first kappa shape index (κ1) is 13.1. The van der Waals surface area contributed by atoms with Gasteiger partial charge in [-0.25, -0.2) is 0 Å². The van der Waals surface area contributed by atoms with Gasteiger partial charge < -0.3 is 9.84 Å². The molecule has 0 aliphatic heterocycles. The number of nitrogens with zero attached hydrogens (tertiary/aromatic N) is 2. The van der Waals surface area contributed by atoms with E-state index in [2.05, 4.69) is 5.10 Å². The maximum absolute atomic E-state index is 10.8. The third-order valence-corrected chi connectivity index (χ3v) is 2.92. The fourth-order valence-corrected chi connectivity index (χ4v) is 1.92. The van der Waals surface area contributed by atoms with Gasteiger partial charge >= 0.3 is 5.97 Å². The molecule has 0 saturated heterocycles. The second-order valence-corrected chi connectivity index (χ2v) is 4.18. The van der Waals surface area contributed by atoms with Gasteiger partial charge in [0.2, 0.25) is 0 Å². The van der Waals surface area contributed by atoms with Crippen LogP contribution in [0.4, 0.5) is 0 Å². The molecule has 0 saturated carbocycles. The van der Waals surface area contributed by atoms with E-state index in [1.807, 2.05) is 29.9 Å². The zero-order valence-corrected chi connectivity index (χ0v) is 11.0. The van der Waals surface area contributed by atoms with Gasteiger partial charge in [0.1, 0.15) is 5.75 Å². The number of ether oxygens (including phenoxy) is 1. The minimum absolute atomic E-state index is 0.0440. The Kier molecular flexibility index (Phi) is 3.85. The number of hydrogen-bond acceptors (Lipinski definition) is 3. The Balaban J connectivity index is 2.35. The summed E-state index contributed by atoms with van der Waals surface area (Å²) < 4.78 is 7.09. The number of methoxy groups -OCH3 is 1. The van der Waals surface area contributed by atoms with E-state index in [9.17, 15) is 4.79 Å². The van der Waals surface area contributed by atoms with Crippen LogP contribution in [0.25, 0.3) is 11.1 Å². The lowest BCUT2D eigenvalue weighted by Crippen LogP contribution is -2.02. The second-order valence-electron chi connectivity index (χ2n) is 4.18.